The number of nitrogens with two attached hydrogens (primary N) is 1. The number of imide groups is 1. The van der Waals surface area contributed by atoms with Crippen molar-refractivity contribution in [2.75, 3.05) is 24.9 Å². The maximum absolute atomic E-state index is 14.0. The predicted octanol–water partition coefficient (Wildman–Crippen LogP) is 3.38. The highest BCUT2D eigenvalue weighted by Gasteiger charge is 2.49. The van der Waals surface area contributed by atoms with Crippen LogP contribution in [0.25, 0.3) is 0 Å². The van der Waals surface area contributed by atoms with Gasteiger partial charge in [0.05, 0.1) is 71.4 Å². The Hall–Kier alpha value is -5.14. The molecule has 8 N–H and O–H groups in total. The monoisotopic (exact) mass is 880 g/mol. The minimum Gasteiger partial charge on any atom is -0.507 e. The molecule has 0 radical (unpaired) electrons. The molecule has 1 heterocycles. The van der Waals surface area contributed by atoms with Crippen molar-refractivity contribution < 1.29 is 59.0 Å². The fourth-order valence-corrected chi connectivity index (χ4v) is 8.84. The lowest BCUT2D eigenvalue weighted by Crippen LogP contribution is -2.50. The summed E-state index contributed by atoms with van der Waals surface area (Å²) in [6.07, 6.45) is -0.403. The van der Waals surface area contributed by atoms with Gasteiger partial charge in [-0.05, 0) is 48.8 Å². The van der Waals surface area contributed by atoms with Crippen LogP contribution >= 0.6 is 24.2 Å². The van der Waals surface area contributed by atoms with Gasteiger partial charge in [-0.2, -0.15) is 5.10 Å². The molecule has 7 rings (SSSR count). The van der Waals surface area contributed by atoms with Gasteiger partial charge in [0.1, 0.15) is 22.8 Å². The van der Waals surface area contributed by atoms with Crippen LogP contribution in [0, 0.1) is 5.92 Å². The maximum Gasteiger partial charge on any atom is 0.271 e. The number of aliphatic hydroxyl groups is 3. The van der Waals surface area contributed by atoms with Crippen molar-refractivity contribution in [3.8, 4) is 17.2 Å². The number of thioether (sulfide) groups is 1. The number of halogens is 1. The lowest BCUT2D eigenvalue weighted by atomic mass is 9.71. The number of anilines is 1. The number of fused-ring (bicyclic) bond motifs is 3. The molecule has 3 amide bonds. The second-order valence-electron chi connectivity index (χ2n) is 14.9. The second-order valence-corrected chi connectivity index (χ2v) is 15.8. The zero-order valence-corrected chi connectivity index (χ0v) is 35.8. The van der Waals surface area contributed by atoms with Crippen molar-refractivity contribution in [3.05, 3.63) is 92.4 Å². The molecule has 6 atom stereocenters. The van der Waals surface area contributed by atoms with Gasteiger partial charge in [0.2, 0.25) is 11.7 Å². The number of aromatic hydroxyl groups is 2. The molecule has 0 bridgehead atoms. The molecule has 1 saturated carbocycles. The highest BCUT2D eigenvalue weighted by molar-refractivity contribution is 8.03. The van der Waals surface area contributed by atoms with Gasteiger partial charge >= 0.3 is 0 Å². The van der Waals surface area contributed by atoms with Gasteiger partial charge < -0.3 is 40.7 Å². The van der Waals surface area contributed by atoms with Crippen molar-refractivity contribution in [3.63, 3.8) is 0 Å². The summed E-state index contributed by atoms with van der Waals surface area (Å²) < 4.78 is 11.9. The zero-order chi connectivity index (χ0) is 43.8. The van der Waals surface area contributed by atoms with Gasteiger partial charge in [0.15, 0.2) is 5.78 Å². The Labute approximate surface area is 362 Å². The molecule has 0 saturated heterocycles. The van der Waals surface area contributed by atoms with Crippen LogP contribution in [0.3, 0.4) is 0 Å². The van der Waals surface area contributed by atoms with Crippen LogP contribution < -0.4 is 20.8 Å². The number of nitrogens with zero attached hydrogens (tertiary/aromatic N) is 2. The standard InChI is InChI=1S/C41H42N4O12S.C2H6.ClH/c1-18-11-21(13-24(42)35(18)49)57-26-16-41(55,15-23-32(26)39(53)34-33(37(23)51)36(50)22-5-4-6-25(56-2)31(22)38(34)52)28(17-46)43-44-29(47)12-19-7-9-20(10-8-19)45-30(48)14-27(58-3)40(45)54;1-2;/h4-10,14,18,21,24,26,35,46,49,51,53,55H,11-13,15-17,42H2,1-3H3,(H,44,47);1-2H3;1H/b43-28+;;/t18?,21?,24?,26-,35?,41-;;/m0../s1. The first-order valence-corrected chi connectivity index (χ1v) is 20.7. The lowest BCUT2D eigenvalue weighted by Gasteiger charge is -2.43. The third-order valence-electron chi connectivity index (χ3n) is 11.3. The third-order valence-corrected chi connectivity index (χ3v) is 12.0. The van der Waals surface area contributed by atoms with Gasteiger partial charge in [-0.1, -0.05) is 45.0 Å². The Balaban J connectivity index is 0.00000231. The largest absolute Gasteiger partial charge is 0.507 e. The normalized spacial score (nSPS) is 24.4. The Bertz CT molecular complexity index is 2310. The molecular formula is C43H49ClN4O12S. The number of benzene rings is 3. The SMILES string of the molecule is CC.COc1cccc2c1C(=O)c1c(O)c3c(c(O)c1C2=O)C[C@@](O)(/C(CO)=N/NC(=O)Cc1ccc(N2C(=O)C=C(SC)C2=O)cc1)C[C@@H]3OC1CC(C)C(O)C(N)C1.Cl. The van der Waals surface area contributed by atoms with E-state index in [0.717, 1.165) is 16.7 Å². The smallest absolute Gasteiger partial charge is 0.271 e. The van der Waals surface area contributed by atoms with Crippen LogP contribution in [-0.2, 0) is 32.0 Å². The van der Waals surface area contributed by atoms with E-state index in [-0.39, 0.29) is 64.9 Å². The number of hydrogen-bond donors (Lipinski definition) is 7. The van der Waals surface area contributed by atoms with Crippen LogP contribution in [0.2, 0.25) is 0 Å². The molecule has 16 nitrogen and oxygen atoms in total. The maximum atomic E-state index is 14.0. The van der Waals surface area contributed by atoms with E-state index >= 15 is 0 Å². The first-order chi connectivity index (χ1) is 28.6. The highest BCUT2D eigenvalue weighted by atomic mass is 35.5. The number of rotatable bonds is 10. The third kappa shape index (κ3) is 8.55. The number of aliphatic hydroxyl groups excluding tert-OH is 2. The highest BCUT2D eigenvalue weighted by Crippen LogP contribution is 2.53. The average Bonchev–Trinajstić information content (AvgIpc) is 3.52. The number of hydrazone groups is 1. The molecule has 0 spiro atoms. The molecule has 4 aliphatic rings. The van der Waals surface area contributed by atoms with Crippen LogP contribution in [-0.4, -0.2) is 104 Å². The molecule has 61 heavy (non-hydrogen) atoms. The molecule has 1 fully saturated rings. The molecule has 4 unspecified atom stereocenters. The molecule has 326 valence electrons. The van der Waals surface area contributed by atoms with E-state index in [0.29, 0.717) is 22.6 Å². The van der Waals surface area contributed by atoms with Crippen molar-refractivity contribution in [2.24, 2.45) is 16.8 Å². The summed E-state index contributed by atoms with van der Waals surface area (Å²) in [4.78, 5) is 67.4. The fraction of sp³-hybridized carbons (Fsp3) is 0.395. The summed E-state index contributed by atoms with van der Waals surface area (Å²) in [5.74, 6) is -4.66. The summed E-state index contributed by atoms with van der Waals surface area (Å²) in [7, 11) is 1.33. The van der Waals surface area contributed by atoms with Crippen molar-refractivity contribution in [1.29, 1.82) is 0 Å². The topological polar surface area (TPSA) is 259 Å². The Morgan fingerprint density at radius 1 is 1.02 bits per heavy atom. The molecule has 1 aliphatic heterocycles. The van der Waals surface area contributed by atoms with E-state index in [1.807, 2.05) is 13.8 Å². The average molecular weight is 881 g/mol. The van der Waals surface area contributed by atoms with Gasteiger partial charge in [-0.3, -0.25) is 24.0 Å². The van der Waals surface area contributed by atoms with Crippen LogP contribution in [0.1, 0.15) is 94.7 Å². The first-order valence-electron chi connectivity index (χ1n) is 19.5. The van der Waals surface area contributed by atoms with Gasteiger partial charge in [-0.15, -0.1) is 24.2 Å². The number of phenolic OH excluding ortho intramolecular Hbond substituents is 2. The summed E-state index contributed by atoms with van der Waals surface area (Å²) >= 11 is 1.16. The number of methoxy groups -OCH3 is 1. The fourth-order valence-electron chi connectivity index (χ4n) is 8.36. The van der Waals surface area contributed by atoms with Crippen molar-refractivity contribution in [1.82, 2.24) is 5.43 Å². The molecule has 0 aromatic heterocycles. The van der Waals surface area contributed by atoms with E-state index in [4.69, 9.17) is 15.2 Å². The first kappa shape index (κ1) is 46.9. The summed E-state index contributed by atoms with van der Waals surface area (Å²) in [6.45, 7) is 4.92. The number of carbonyl (C=O) groups excluding carboxylic acids is 5. The Kier molecular flexibility index (Phi) is 14.5. The van der Waals surface area contributed by atoms with E-state index in [9.17, 15) is 49.5 Å². The van der Waals surface area contributed by atoms with E-state index in [2.05, 4.69) is 10.5 Å². The quantitative estimate of drug-likeness (QED) is 0.0522. The van der Waals surface area contributed by atoms with Gasteiger partial charge in [0.25, 0.3) is 11.8 Å². The van der Waals surface area contributed by atoms with Gasteiger partial charge in [0, 0.05) is 41.6 Å². The number of nitrogens with one attached hydrogen (secondary N) is 1. The summed E-state index contributed by atoms with van der Waals surface area (Å²) in [5.41, 5.74) is 5.59. The number of ether oxygens (including phenoxy) is 2. The molecular weight excluding hydrogens is 832 g/mol. The van der Waals surface area contributed by atoms with Crippen molar-refractivity contribution >= 4 is 64.9 Å². The van der Waals surface area contributed by atoms with E-state index < -0.39 is 101 Å². The molecule has 18 heteroatoms. The minimum absolute atomic E-state index is 0. The van der Waals surface area contributed by atoms with E-state index in [1.54, 1.807) is 25.3 Å². The van der Waals surface area contributed by atoms with Gasteiger partial charge in [-0.25, -0.2) is 10.3 Å². The Morgan fingerprint density at radius 3 is 2.30 bits per heavy atom. The number of phenols is 2. The molecule has 3 aliphatic carbocycles. The summed E-state index contributed by atoms with van der Waals surface area (Å²) in [5, 5.41) is 61.2. The Morgan fingerprint density at radius 2 is 1.69 bits per heavy atom. The number of amides is 3. The lowest BCUT2D eigenvalue weighted by molar-refractivity contribution is -0.121. The van der Waals surface area contributed by atoms with Crippen molar-refractivity contribution in [2.45, 2.75) is 82.8 Å². The van der Waals surface area contributed by atoms with Crippen LogP contribution in [0.15, 0.2) is 58.5 Å². The number of carbonyl (C=O) groups is 5. The van der Waals surface area contributed by atoms with Crippen LogP contribution in [0.5, 0.6) is 17.2 Å². The zero-order valence-electron chi connectivity index (χ0n) is 34.1. The van der Waals surface area contributed by atoms with Crippen LogP contribution in [0.4, 0.5) is 5.69 Å². The molecule has 3 aromatic carbocycles. The second kappa shape index (κ2) is 18.9. The summed E-state index contributed by atoms with van der Waals surface area (Å²) in [6, 6.07) is 9.88. The number of ketones is 2. The predicted molar refractivity (Wildman–Crippen MR) is 228 cm³/mol. The molecule has 3 aromatic rings. The van der Waals surface area contributed by atoms with E-state index in [1.165, 1.54) is 43.5 Å². The minimum atomic E-state index is -2.15. The number of hydrogen-bond acceptors (Lipinski definition) is 15.